The SMILES string of the molecule is Cc1cc(N)ccc1Nc1ncc(C(=O)c2cccc(Cl)c2)s1. The molecule has 1 aromatic heterocycles. The molecule has 0 spiro atoms. The van der Waals surface area contributed by atoms with Crippen LogP contribution in [0.2, 0.25) is 5.02 Å². The van der Waals surface area contributed by atoms with Gasteiger partial charge in [0.25, 0.3) is 0 Å². The highest BCUT2D eigenvalue weighted by molar-refractivity contribution is 7.17. The van der Waals surface area contributed by atoms with E-state index in [9.17, 15) is 4.79 Å². The van der Waals surface area contributed by atoms with Crippen LogP contribution in [0.1, 0.15) is 20.8 Å². The second-order valence-corrected chi connectivity index (χ2v) is 6.54. The third-order valence-electron chi connectivity index (χ3n) is 3.31. The number of carbonyl (C=O) groups excluding carboxylic acids is 1. The van der Waals surface area contributed by atoms with Gasteiger partial charge in [-0.1, -0.05) is 35.1 Å². The van der Waals surface area contributed by atoms with Gasteiger partial charge in [-0.3, -0.25) is 4.79 Å². The number of hydrogen-bond donors (Lipinski definition) is 2. The molecule has 116 valence electrons. The topological polar surface area (TPSA) is 68.0 Å². The molecule has 0 saturated carbocycles. The number of aryl methyl sites for hydroxylation is 1. The number of nitrogen functional groups attached to an aromatic ring is 1. The Hall–Kier alpha value is -2.37. The van der Waals surface area contributed by atoms with Crippen LogP contribution < -0.4 is 11.1 Å². The van der Waals surface area contributed by atoms with Crippen molar-refractivity contribution in [1.29, 1.82) is 0 Å². The monoisotopic (exact) mass is 343 g/mol. The van der Waals surface area contributed by atoms with Crippen LogP contribution in [-0.4, -0.2) is 10.8 Å². The zero-order chi connectivity index (χ0) is 16.4. The van der Waals surface area contributed by atoms with Crippen molar-refractivity contribution >= 4 is 45.2 Å². The smallest absolute Gasteiger partial charge is 0.204 e. The molecular formula is C17H14ClN3OS. The summed E-state index contributed by atoms with van der Waals surface area (Å²) >= 11 is 7.24. The maximum atomic E-state index is 12.4. The van der Waals surface area contributed by atoms with E-state index in [0.717, 1.165) is 11.3 Å². The van der Waals surface area contributed by atoms with E-state index in [2.05, 4.69) is 10.3 Å². The summed E-state index contributed by atoms with van der Waals surface area (Å²) in [5, 5.41) is 4.41. The fourth-order valence-electron chi connectivity index (χ4n) is 2.15. The van der Waals surface area contributed by atoms with E-state index in [0.29, 0.717) is 26.3 Å². The number of nitrogens with zero attached hydrogens (tertiary/aromatic N) is 1. The molecule has 0 unspecified atom stereocenters. The van der Waals surface area contributed by atoms with Crippen LogP contribution in [0, 0.1) is 6.92 Å². The third kappa shape index (κ3) is 3.52. The Morgan fingerprint density at radius 1 is 1.26 bits per heavy atom. The second-order valence-electron chi connectivity index (χ2n) is 5.07. The summed E-state index contributed by atoms with van der Waals surface area (Å²) in [4.78, 5) is 17.3. The normalized spacial score (nSPS) is 10.5. The fraction of sp³-hybridized carbons (Fsp3) is 0.0588. The first-order chi connectivity index (χ1) is 11.0. The van der Waals surface area contributed by atoms with E-state index in [1.165, 1.54) is 11.3 Å². The summed E-state index contributed by atoms with van der Waals surface area (Å²) in [5.74, 6) is -0.0907. The zero-order valence-corrected chi connectivity index (χ0v) is 13.9. The van der Waals surface area contributed by atoms with Crippen molar-refractivity contribution in [3.8, 4) is 0 Å². The molecule has 0 atom stereocenters. The highest BCUT2D eigenvalue weighted by Gasteiger charge is 2.14. The summed E-state index contributed by atoms with van der Waals surface area (Å²) in [6.45, 7) is 1.96. The van der Waals surface area contributed by atoms with Gasteiger partial charge in [0.05, 0.1) is 11.1 Å². The maximum absolute atomic E-state index is 12.4. The van der Waals surface area contributed by atoms with Gasteiger partial charge in [0.1, 0.15) is 0 Å². The Bertz CT molecular complexity index is 876. The molecule has 1 heterocycles. The number of carbonyl (C=O) groups is 1. The molecule has 0 bridgehead atoms. The number of hydrogen-bond acceptors (Lipinski definition) is 5. The van der Waals surface area contributed by atoms with Crippen molar-refractivity contribution < 1.29 is 4.79 Å². The van der Waals surface area contributed by atoms with Crippen LogP contribution in [0.3, 0.4) is 0 Å². The van der Waals surface area contributed by atoms with Gasteiger partial charge in [0, 0.05) is 22.0 Å². The van der Waals surface area contributed by atoms with Crippen LogP contribution in [0.4, 0.5) is 16.5 Å². The van der Waals surface area contributed by atoms with E-state index in [1.54, 1.807) is 30.5 Å². The van der Waals surface area contributed by atoms with Crippen molar-refractivity contribution in [3.63, 3.8) is 0 Å². The quantitative estimate of drug-likeness (QED) is 0.534. The standard InChI is InChI=1S/C17H14ClN3OS/c1-10-7-13(19)5-6-14(10)21-17-20-9-15(23-17)16(22)11-3-2-4-12(18)8-11/h2-9H,19H2,1H3,(H,20,21). The minimum Gasteiger partial charge on any atom is -0.399 e. The number of benzene rings is 2. The van der Waals surface area contributed by atoms with Crippen LogP contribution in [0.15, 0.2) is 48.7 Å². The molecule has 4 nitrogen and oxygen atoms in total. The zero-order valence-electron chi connectivity index (χ0n) is 12.3. The van der Waals surface area contributed by atoms with Crippen molar-refractivity contribution in [2.75, 3.05) is 11.1 Å². The average Bonchev–Trinajstić information content (AvgIpc) is 2.98. The molecular weight excluding hydrogens is 330 g/mol. The lowest BCUT2D eigenvalue weighted by Crippen LogP contribution is -1.97. The number of aromatic nitrogens is 1. The number of halogens is 1. The first kappa shape index (κ1) is 15.5. The van der Waals surface area contributed by atoms with Gasteiger partial charge < -0.3 is 11.1 Å². The Morgan fingerprint density at radius 3 is 2.83 bits per heavy atom. The Labute approximate surface area is 142 Å². The first-order valence-corrected chi connectivity index (χ1v) is 8.11. The Kier molecular flexibility index (Phi) is 4.32. The molecule has 0 saturated heterocycles. The van der Waals surface area contributed by atoms with Crippen LogP contribution in [0.25, 0.3) is 0 Å². The molecule has 23 heavy (non-hydrogen) atoms. The lowest BCUT2D eigenvalue weighted by Gasteiger charge is -2.07. The van der Waals surface area contributed by atoms with E-state index in [-0.39, 0.29) is 5.78 Å². The molecule has 6 heteroatoms. The molecule has 0 fully saturated rings. The van der Waals surface area contributed by atoms with E-state index < -0.39 is 0 Å². The molecule has 0 aliphatic carbocycles. The minimum atomic E-state index is -0.0907. The molecule has 0 aliphatic rings. The largest absolute Gasteiger partial charge is 0.399 e. The van der Waals surface area contributed by atoms with Gasteiger partial charge in [0.15, 0.2) is 5.13 Å². The number of anilines is 3. The summed E-state index contributed by atoms with van der Waals surface area (Å²) < 4.78 is 0. The first-order valence-electron chi connectivity index (χ1n) is 6.92. The van der Waals surface area contributed by atoms with Gasteiger partial charge in [-0.25, -0.2) is 4.98 Å². The van der Waals surface area contributed by atoms with E-state index in [4.69, 9.17) is 17.3 Å². The van der Waals surface area contributed by atoms with Crippen molar-refractivity contribution in [2.24, 2.45) is 0 Å². The Balaban J connectivity index is 1.81. The van der Waals surface area contributed by atoms with Gasteiger partial charge in [-0.2, -0.15) is 0 Å². The fourth-order valence-corrected chi connectivity index (χ4v) is 3.13. The van der Waals surface area contributed by atoms with E-state index >= 15 is 0 Å². The molecule has 3 aromatic rings. The number of ketones is 1. The predicted octanol–water partition coefficient (Wildman–Crippen LogP) is 4.66. The molecule has 0 radical (unpaired) electrons. The van der Waals surface area contributed by atoms with Gasteiger partial charge in [0.2, 0.25) is 5.78 Å². The summed E-state index contributed by atoms with van der Waals surface area (Å²) in [5.41, 5.74) is 8.94. The lowest BCUT2D eigenvalue weighted by atomic mass is 10.1. The Morgan fingerprint density at radius 2 is 2.09 bits per heavy atom. The second kappa shape index (κ2) is 6.40. The predicted molar refractivity (Wildman–Crippen MR) is 95.9 cm³/mol. The van der Waals surface area contributed by atoms with Crippen molar-refractivity contribution in [2.45, 2.75) is 6.92 Å². The highest BCUT2D eigenvalue weighted by Crippen LogP contribution is 2.27. The number of nitrogens with two attached hydrogens (primary N) is 1. The van der Waals surface area contributed by atoms with Crippen molar-refractivity contribution in [1.82, 2.24) is 4.98 Å². The van der Waals surface area contributed by atoms with Crippen LogP contribution in [0.5, 0.6) is 0 Å². The minimum absolute atomic E-state index is 0.0907. The van der Waals surface area contributed by atoms with Crippen molar-refractivity contribution in [3.05, 3.63) is 69.7 Å². The van der Waals surface area contributed by atoms with Gasteiger partial charge in [-0.05, 0) is 42.8 Å². The average molecular weight is 344 g/mol. The summed E-state index contributed by atoms with van der Waals surface area (Å²) in [6, 6.07) is 12.5. The third-order valence-corrected chi connectivity index (χ3v) is 4.45. The maximum Gasteiger partial charge on any atom is 0.204 e. The number of rotatable bonds is 4. The number of thiazole rings is 1. The van der Waals surface area contributed by atoms with E-state index in [1.807, 2.05) is 25.1 Å². The molecule has 0 aliphatic heterocycles. The molecule has 3 rings (SSSR count). The van der Waals surface area contributed by atoms with Crippen LogP contribution >= 0.6 is 22.9 Å². The molecule has 2 aromatic carbocycles. The highest BCUT2D eigenvalue weighted by atomic mass is 35.5. The molecule has 0 amide bonds. The van der Waals surface area contributed by atoms with Gasteiger partial charge >= 0.3 is 0 Å². The molecule has 3 N–H and O–H groups in total. The summed E-state index contributed by atoms with van der Waals surface area (Å²) in [6.07, 6.45) is 1.57. The lowest BCUT2D eigenvalue weighted by molar-refractivity contribution is 0.104. The van der Waals surface area contributed by atoms with Gasteiger partial charge in [-0.15, -0.1) is 0 Å². The van der Waals surface area contributed by atoms with Crippen LogP contribution in [-0.2, 0) is 0 Å². The summed E-state index contributed by atoms with van der Waals surface area (Å²) in [7, 11) is 0. The number of nitrogens with one attached hydrogen (secondary N) is 1.